The van der Waals surface area contributed by atoms with Gasteiger partial charge >= 0.3 is 0 Å². The molecule has 4 aromatic heterocycles. The molecule has 7 heteroatoms. The minimum Gasteiger partial charge on any atom is -0.309 e. The molecule has 12 aromatic carbocycles. The molecule has 0 unspecified atom stereocenters. The Balaban J connectivity index is 1.20. The van der Waals surface area contributed by atoms with E-state index in [1.807, 2.05) is 0 Å². The van der Waals surface area contributed by atoms with E-state index in [9.17, 15) is 46.6 Å². The molecule has 0 radical (unpaired) electrons. The summed E-state index contributed by atoms with van der Waals surface area (Å²) in [6, 6.07) is -50.4. The summed E-state index contributed by atoms with van der Waals surface area (Å²) in [6.07, 6.45) is 0. The molecular formula is C75H50N6Si. The molecule has 0 spiro atoms. The largest absolute Gasteiger partial charge is 0.309 e. The van der Waals surface area contributed by atoms with Crippen LogP contribution in [0.25, 0.3) is 117 Å². The Morgan fingerprint density at radius 3 is 1.46 bits per heavy atom. The molecular weight excluding hydrogens is 1010 g/mol. The second kappa shape index (κ2) is 19.3. The second-order valence-electron chi connectivity index (χ2n) is 17.6. The van der Waals surface area contributed by atoms with E-state index in [-0.39, 0.29) is 10.9 Å². The van der Waals surface area contributed by atoms with Gasteiger partial charge in [-0.25, -0.2) is 4.98 Å². The van der Waals surface area contributed by atoms with E-state index in [1.54, 1.807) is 0 Å². The number of aromatic nitrogens is 6. The zero-order chi connectivity index (χ0) is 94.2. The fourth-order valence-electron chi connectivity index (χ4n) is 10.1. The van der Waals surface area contributed by atoms with Crippen molar-refractivity contribution in [1.29, 1.82) is 0 Å². The number of hydrogen-bond donors (Lipinski definition) is 0. The number of nitrogens with zero attached hydrogens (tertiary/aromatic N) is 6. The number of rotatable bonds is 10. The average Bonchev–Trinajstić information content (AvgIpc) is 0.787. The van der Waals surface area contributed by atoms with Gasteiger partial charge < -0.3 is 9.13 Å². The number of hydrogen-bond acceptors (Lipinski definition) is 3. The highest BCUT2D eigenvalue weighted by Crippen LogP contribution is 2.43. The van der Waals surface area contributed by atoms with Crippen molar-refractivity contribution in [2.45, 2.75) is 0 Å². The molecule has 0 N–H and O–H groups in total. The average molecular weight is 1110 g/mol. The van der Waals surface area contributed by atoms with Gasteiger partial charge in [0, 0.05) is 49.1 Å². The SMILES string of the molecule is [2H]c1c([2H])c([2H])c(-c2c([2H])c([2H])c(-n3c4ccccc4c4c3c([2H])c([2H])c3c5c([2H])c([2H])c([2H])c([2H])c5n(-c5nc(-c6c([2H])c([2H])c([2H])c([Si](c7c([2H])c([2H])c([2H])c([2H])c7[2H])(c7c([2H])c([2H])c([2H])c([2H])c7[2H])c7c([2H])c([2H])c([2H])c([2H])c7[2H])c6[2H])nc(-c6c([2H])c([2H])c([2H])c([2H])c6-n6c7c([2H])c([2H])c([2H])c([2H])c7c7c([2H])c([2H])c([2H])c([2H])c76)n5)c34)c([2H])c2[2H])c([2H])c1[2H]. The minimum absolute atomic E-state index is 0.188. The third-order valence-electron chi connectivity index (χ3n) is 13.4. The molecule has 16 aromatic rings. The summed E-state index contributed by atoms with van der Waals surface area (Å²) >= 11 is 0. The van der Waals surface area contributed by atoms with Crippen LogP contribution in [0.3, 0.4) is 0 Å². The second-order valence-corrected chi connectivity index (χ2v) is 21.1. The molecule has 0 aliphatic heterocycles. The Bertz CT molecular complexity index is 7580. The predicted molar refractivity (Wildman–Crippen MR) is 343 cm³/mol. The van der Waals surface area contributed by atoms with Crippen LogP contribution in [0.2, 0.25) is 0 Å². The van der Waals surface area contributed by atoms with Gasteiger partial charge in [0.1, 0.15) is 0 Å². The first-order valence-corrected chi connectivity index (χ1v) is 26.2. The monoisotopic (exact) mass is 1110 g/mol. The third-order valence-corrected chi connectivity index (χ3v) is 17.4. The first-order chi connectivity index (χ1) is 59.8. The van der Waals surface area contributed by atoms with Crippen molar-refractivity contribution in [2.24, 2.45) is 0 Å². The van der Waals surface area contributed by atoms with Gasteiger partial charge in [0.15, 0.2) is 19.7 Å². The maximum absolute atomic E-state index is 11.0. The van der Waals surface area contributed by atoms with Crippen molar-refractivity contribution in [3.63, 3.8) is 0 Å². The van der Waals surface area contributed by atoms with E-state index in [0.29, 0.717) is 9.13 Å². The van der Waals surface area contributed by atoms with Crippen molar-refractivity contribution in [2.75, 3.05) is 0 Å². The smallest absolute Gasteiger partial charge is 0.238 e. The van der Waals surface area contributed by atoms with Gasteiger partial charge in [-0.15, -0.1) is 0 Å². The summed E-state index contributed by atoms with van der Waals surface area (Å²) in [5.74, 6) is -4.03. The van der Waals surface area contributed by atoms with E-state index in [4.69, 9.17) is 31.4 Å². The van der Waals surface area contributed by atoms with Crippen molar-refractivity contribution >= 4 is 94.2 Å². The van der Waals surface area contributed by atoms with Crippen molar-refractivity contribution in [1.82, 2.24) is 28.7 Å². The Labute approximate surface area is 539 Å². The highest BCUT2D eigenvalue weighted by Gasteiger charge is 2.41. The minimum atomic E-state index is -6.87. The Morgan fingerprint density at radius 2 is 0.817 bits per heavy atom. The van der Waals surface area contributed by atoms with Gasteiger partial charge in [-0.3, -0.25) is 4.57 Å². The highest BCUT2D eigenvalue weighted by molar-refractivity contribution is 7.19. The van der Waals surface area contributed by atoms with Gasteiger partial charge in [0.05, 0.1) is 102 Å². The molecule has 0 saturated carbocycles. The Morgan fingerprint density at radius 1 is 0.317 bits per heavy atom. The lowest BCUT2D eigenvalue weighted by atomic mass is 10.1. The molecule has 0 amide bonds. The van der Waals surface area contributed by atoms with Gasteiger partial charge in [0.25, 0.3) is 0 Å². The molecule has 0 fully saturated rings. The topological polar surface area (TPSA) is 53.5 Å². The predicted octanol–water partition coefficient (Wildman–Crippen LogP) is 15.5. The molecule has 0 atom stereocenters. The summed E-state index contributed by atoms with van der Waals surface area (Å²) in [5, 5.41) is -9.03. The van der Waals surface area contributed by atoms with Crippen LogP contribution in [0.1, 0.15) is 63.1 Å². The molecule has 384 valence electrons. The normalized spacial score (nSPS) is 19.8. The van der Waals surface area contributed by atoms with Crippen LogP contribution in [0.4, 0.5) is 0 Å². The molecule has 16 rings (SSSR count). The lowest BCUT2D eigenvalue weighted by molar-refractivity contribution is 0.953. The van der Waals surface area contributed by atoms with E-state index in [2.05, 4.69) is 0 Å². The van der Waals surface area contributed by atoms with Crippen LogP contribution >= 0.6 is 0 Å². The van der Waals surface area contributed by atoms with Crippen molar-refractivity contribution < 1.29 is 63.1 Å². The van der Waals surface area contributed by atoms with E-state index in [0.717, 1.165) is 4.57 Å². The quantitative estimate of drug-likeness (QED) is 0.101. The fraction of sp³-hybridized carbons (Fsp3) is 0. The summed E-state index contributed by atoms with van der Waals surface area (Å²) in [4.78, 5) is 14.3. The maximum atomic E-state index is 11.0. The van der Waals surface area contributed by atoms with Crippen LogP contribution < -0.4 is 20.7 Å². The first kappa shape index (κ1) is 20.1. The van der Waals surface area contributed by atoms with E-state index >= 15 is 0 Å². The highest BCUT2D eigenvalue weighted by atomic mass is 28.3. The lowest BCUT2D eigenvalue weighted by Crippen LogP contribution is -2.74. The van der Waals surface area contributed by atoms with Gasteiger partial charge in [0.2, 0.25) is 5.95 Å². The molecule has 4 heterocycles. The summed E-state index contributed by atoms with van der Waals surface area (Å²) < 4.78 is 438. The van der Waals surface area contributed by atoms with Crippen LogP contribution in [0.5, 0.6) is 0 Å². The Hall–Kier alpha value is -10.7. The Kier molecular flexibility index (Phi) is 4.73. The fourth-order valence-corrected chi connectivity index (χ4v) is 13.7. The zero-order valence-corrected chi connectivity index (χ0v) is 42.0. The standard InChI is InChI=1S/C75H50N6Si/c1-5-24-51(25-6-1)52-44-46-54(47-45-52)79-68-42-21-16-37-63(68)71-70(79)49-48-62-61-36-15-20-41-67(61)81(72(62)71)75-77-73(76-74(78-75)64-38-17-22-43-69(64)80-65-39-18-13-34-59(65)60-35-14-19-40-66(60)80)53-26-23-33-58(50-53)82(55-27-7-2-8-28-55,56-29-9-3-10-30-56)57-31-11-4-12-32-57/h1-50H/i1D,2D,3D,4D,5D,6D,7D,8D,9D,10D,11D,12D,13D,14D,15D,17D,18D,19D,20D,22D,23D,24D,25D,26D,27D,28D,29D,30D,31D,32D,33D,34D,35D,36D,38D,39D,40D,41D,43D,44D,45D,46D,47D,48D,49D,50D. The number of para-hydroxylation sites is 5. The zero-order valence-electron chi connectivity index (χ0n) is 87.0. The first-order valence-electron chi connectivity index (χ1n) is 47.2. The molecule has 6 nitrogen and oxygen atoms in total. The lowest BCUT2D eigenvalue weighted by Gasteiger charge is -2.34. The molecule has 0 saturated heterocycles. The third kappa shape index (κ3) is 7.37. The summed E-state index contributed by atoms with van der Waals surface area (Å²) in [7, 11) is -6.87. The van der Waals surface area contributed by atoms with E-state index in [1.165, 1.54) is 24.3 Å². The van der Waals surface area contributed by atoms with Crippen LogP contribution in [0, 0.1) is 0 Å². The van der Waals surface area contributed by atoms with Crippen molar-refractivity contribution in [3.05, 3.63) is 302 Å². The number of fused-ring (bicyclic) bond motifs is 10. The van der Waals surface area contributed by atoms with Crippen LogP contribution in [-0.2, 0) is 0 Å². The number of benzene rings is 12. The molecule has 0 bridgehead atoms. The van der Waals surface area contributed by atoms with E-state index < -0.39 is 413 Å². The van der Waals surface area contributed by atoms with Gasteiger partial charge in [-0.2, -0.15) is 9.97 Å². The molecule has 0 aliphatic carbocycles. The van der Waals surface area contributed by atoms with Crippen molar-refractivity contribution in [3.8, 4) is 51.2 Å². The van der Waals surface area contributed by atoms with Crippen LogP contribution in [0.15, 0.2) is 302 Å². The molecule has 82 heavy (non-hydrogen) atoms. The summed E-state index contributed by atoms with van der Waals surface area (Å²) in [5.41, 5.74) is -10.3. The van der Waals surface area contributed by atoms with Gasteiger partial charge in [-0.1, -0.05) is 248 Å². The molecule has 0 aliphatic rings. The van der Waals surface area contributed by atoms with Gasteiger partial charge in [-0.05, 0) is 86.3 Å². The van der Waals surface area contributed by atoms with Crippen LogP contribution in [-0.4, -0.2) is 36.7 Å². The summed E-state index contributed by atoms with van der Waals surface area (Å²) in [6.45, 7) is 0. The maximum Gasteiger partial charge on any atom is 0.238 e.